The van der Waals surface area contributed by atoms with Gasteiger partial charge < -0.3 is 4.52 Å². The summed E-state index contributed by atoms with van der Waals surface area (Å²) in [5.41, 5.74) is 1.29. The number of alkyl halides is 3. The number of halogens is 3. The zero-order valence-corrected chi connectivity index (χ0v) is 14.2. The van der Waals surface area contributed by atoms with Gasteiger partial charge in [-0.15, -0.1) is 0 Å². The summed E-state index contributed by atoms with van der Waals surface area (Å²) < 4.78 is 66.2. The van der Waals surface area contributed by atoms with Gasteiger partial charge in [0.15, 0.2) is 5.76 Å². The number of aryl methyl sites for hydroxylation is 1. The number of primary sulfonamides is 1. The van der Waals surface area contributed by atoms with Gasteiger partial charge in [-0.05, 0) is 48.9 Å². The Labute approximate surface area is 147 Å². The standard InChI is InChI=1S/C17H13F3N2O3S/c1-10-15(11-2-6-13(7-3-11)17(18,19)20)16(25-22-10)12-4-8-14(9-5-12)26(21,23)24/h2-9H,1H3,(H2,21,23,24). The van der Waals surface area contributed by atoms with Crippen molar-refractivity contribution in [3.63, 3.8) is 0 Å². The number of aromatic nitrogens is 1. The summed E-state index contributed by atoms with van der Waals surface area (Å²) in [4.78, 5) is -0.0615. The van der Waals surface area contributed by atoms with E-state index in [1.54, 1.807) is 6.92 Å². The van der Waals surface area contributed by atoms with Crippen LogP contribution >= 0.6 is 0 Å². The van der Waals surface area contributed by atoms with E-state index in [-0.39, 0.29) is 4.90 Å². The number of rotatable bonds is 3. The van der Waals surface area contributed by atoms with Crippen LogP contribution in [-0.2, 0) is 16.2 Å². The molecule has 3 rings (SSSR count). The minimum absolute atomic E-state index is 0.0615. The highest BCUT2D eigenvalue weighted by Crippen LogP contribution is 2.37. The van der Waals surface area contributed by atoms with E-state index in [2.05, 4.69) is 5.16 Å². The van der Waals surface area contributed by atoms with Crippen molar-refractivity contribution in [2.45, 2.75) is 18.0 Å². The molecule has 0 saturated carbocycles. The number of nitrogens with two attached hydrogens (primary N) is 1. The van der Waals surface area contributed by atoms with Gasteiger partial charge in [0.05, 0.1) is 21.7 Å². The molecular formula is C17H13F3N2O3S. The zero-order chi connectivity index (χ0) is 19.1. The molecule has 9 heteroatoms. The van der Waals surface area contributed by atoms with E-state index in [1.807, 2.05) is 0 Å². The number of hydrogen-bond donors (Lipinski definition) is 1. The van der Waals surface area contributed by atoms with Gasteiger partial charge in [0, 0.05) is 5.56 Å². The molecule has 0 fully saturated rings. The quantitative estimate of drug-likeness (QED) is 0.742. The minimum atomic E-state index is -4.42. The molecule has 1 heterocycles. The predicted molar refractivity (Wildman–Crippen MR) is 88.5 cm³/mol. The Morgan fingerprint density at radius 3 is 2.00 bits per heavy atom. The van der Waals surface area contributed by atoms with Crippen LogP contribution in [0.1, 0.15) is 11.3 Å². The molecule has 5 nitrogen and oxygen atoms in total. The van der Waals surface area contributed by atoms with Crippen molar-refractivity contribution in [3.05, 3.63) is 59.8 Å². The molecule has 26 heavy (non-hydrogen) atoms. The first-order valence-corrected chi connectivity index (χ1v) is 8.89. The second-order valence-electron chi connectivity index (χ2n) is 5.62. The lowest BCUT2D eigenvalue weighted by Crippen LogP contribution is -2.11. The summed E-state index contributed by atoms with van der Waals surface area (Å²) in [5, 5.41) is 8.94. The van der Waals surface area contributed by atoms with Crippen molar-refractivity contribution in [1.82, 2.24) is 5.16 Å². The molecule has 0 aliphatic rings. The van der Waals surface area contributed by atoms with Gasteiger partial charge in [-0.25, -0.2) is 13.6 Å². The Morgan fingerprint density at radius 2 is 1.50 bits per heavy atom. The molecule has 2 aromatic carbocycles. The van der Waals surface area contributed by atoms with Crippen molar-refractivity contribution in [2.75, 3.05) is 0 Å². The lowest BCUT2D eigenvalue weighted by atomic mass is 9.99. The topological polar surface area (TPSA) is 86.2 Å². The second-order valence-corrected chi connectivity index (χ2v) is 7.18. The van der Waals surface area contributed by atoms with Gasteiger partial charge in [-0.1, -0.05) is 17.3 Å². The number of nitrogens with zero attached hydrogens (tertiary/aromatic N) is 1. The van der Waals surface area contributed by atoms with Gasteiger partial charge in [-0.3, -0.25) is 0 Å². The zero-order valence-electron chi connectivity index (χ0n) is 13.4. The van der Waals surface area contributed by atoms with Gasteiger partial charge in [-0.2, -0.15) is 13.2 Å². The fraction of sp³-hybridized carbons (Fsp3) is 0.118. The average Bonchev–Trinajstić information content (AvgIpc) is 2.95. The van der Waals surface area contributed by atoms with Gasteiger partial charge in [0.2, 0.25) is 10.0 Å². The fourth-order valence-corrected chi connectivity index (χ4v) is 3.04. The van der Waals surface area contributed by atoms with Crippen LogP contribution < -0.4 is 5.14 Å². The van der Waals surface area contributed by atoms with E-state index in [4.69, 9.17) is 9.66 Å². The van der Waals surface area contributed by atoms with Gasteiger partial charge in [0.1, 0.15) is 0 Å². The molecule has 0 saturated heterocycles. The maximum atomic E-state index is 12.7. The highest BCUT2D eigenvalue weighted by Gasteiger charge is 2.30. The molecule has 0 atom stereocenters. The molecule has 0 aliphatic heterocycles. The van der Waals surface area contributed by atoms with E-state index in [1.165, 1.54) is 36.4 Å². The molecule has 0 amide bonds. The molecule has 3 aromatic rings. The minimum Gasteiger partial charge on any atom is -0.355 e. The molecule has 0 spiro atoms. The lowest BCUT2D eigenvalue weighted by Gasteiger charge is -2.08. The summed E-state index contributed by atoms with van der Waals surface area (Å²) in [6.45, 7) is 1.67. The molecular weight excluding hydrogens is 369 g/mol. The van der Waals surface area contributed by atoms with Crippen LogP contribution in [0.4, 0.5) is 13.2 Å². The first kappa shape index (κ1) is 18.2. The molecule has 0 aliphatic carbocycles. The maximum Gasteiger partial charge on any atom is 0.416 e. The van der Waals surface area contributed by atoms with Crippen LogP contribution in [0.3, 0.4) is 0 Å². The normalized spacial score (nSPS) is 12.3. The van der Waals surface area contributed by atoms with Crippen LogP contribution in [0.2, 0.25) is 0 Å². The van der Waals surface area contributed by atoms with E-state index in [0.717, 1.165) is 12.1 Å². The van der Waals surface area contributed by atoms with Crippen molar-refractivity contribution in [2.24, 2.45) is 5.14 Å². The monoisotopic (exact) mass is 382 g/mol. The van der Waals surface area contributed by atoms with Crippen LogP contribution in [0, 0.1) is 6.92 Å². The Morgan fingerprint density at radius 1 is 0.962 bits per heavy atom. The van der Waals surface area contributed by atoms with Crippen molar-refractivity contribution in [3.8, 4) is 22.5 Å². The van der Waals surface area contributed by atoms with Crippen LogP contribution in [0.5, 0.6) is 0 Å². The summed E-state index contributed by atoms with van der Waals surface area (Å²) in [6.07, 6.45) is -4.42. The first-order chi connectivity index (χ1) is 12.1. The molecule has 0 radical (unpaired) electrons. The van der Waals surface area contributed by atoms with E-state index in [0.29, 0.717) is 28.1 Å². The maximum absolute atomic E-state index is 12.7. The highest BCUT2D eigenvalue weighted by atomic mass is 32.2. The third-order valence-electron chi connectivity index (χ3n) is 3.81. The Kier molecular flexibility index (Phi) is 4.37. The van der Waals surface area contributed by atoms with Crippen molar-refractivity contribution < 1.29 is 26.1 Å². The van der Waals surface area contributed by atoms with E-state index >= 15 is 0 Å². The van der Waals surface area contributed by atoms with Crippen LogP contribution in [-0.4, -0.2) is 13.6 Å². The fourth-order valence-electron chi connectivity index (χ4n) is 2.53. The molecule has 136 valence electrons. The smallest absolute Gasteiger partial charge is 0.355 e. The Hall–Kier alpha value is -2.65. The highest BCUT2D eigenvalue weighted by molar-refractivity contribution is 7.89. The summed E-state index contributed by atoms with van der Waals surface area (Å²) in [5.74, 6) is 0.322. The molecule has 2 N–H and O–H groups in total. The Bertz CT molecular complexity index is 1040. The number of hydrogen-bond acceptors (Lipinski definition) is 4. The van der Waals surface area contributed by atoms with Crippen molar-refractivity contribution in [1.29, 1.82) is 0 Å². The van der Waals surface area contributed by atoms with E-state index < -0.39 is 21.8 Å². The summed E-state index contributed by atoms with van der Waals surface area (Å²) in [6, 6.07) is 10.3. The SMILES string of the molecule is Cc1noc(-c2ccc(S(N)(=O)=O)cc2)c1-c1ccc(C(F)(F)F)cc1. The third kappa shape index (κ3) is 3.49. The van der Waals surface area contributed by atoms with Gasteiger partial charge >= 0.3 is 6.18 Å². The molecule has 0 unspecified atom stereocenters. The second kappa shape index (κ2) is 6.26. The lowest BCUT2D eigenvalue weighted by molar-refractivity contribution is -0.137. The van der Waals surface area contributed by atoms with Crippen molar-refractivity contribution >= 4 is 10.0 Å². The molecule has 1 aromatic heterocycles. The van der Waals surface area contributed by atoms with Crippen LogP contribution in [0.25, 0.3) is 22.5 Å². The van der Waals surface area contributed by atoms with E-state index in [9.17, 15) is 21.6 Å². The van der Waals surface area contributed by atoms with Gasteiger partial charge in [0.25, 0.3) is 0 Å². The first-order valence-electron chi connectivity index (χ1n) is 7.34. The summed E-state index contributed by atoms with van der Waals surface area (Å²) >= 11 is 0. The Balaban J connectivity index is 2.05. The summed E-state index contributed by atoms with van der Waals surface area (Å²) in [7, 11) is -3.83. The largest absolute Gasteiger partial charge is 0.416 e. The third-order valence-corrected chi connectivity index (χ3v) is 4.74. The number of benzene rings is 2. The number of sulfonamides is 1. The molecule has 0 bridgehead atoms. The average molecular weight is 382 g/mol. The predicted octanol–water partition coefficient (Wildman–Crippen LogP) is 3.98. The van der Waals surface area contributed by atoms with Crippen LogP contribution in [0.15, 0.2) is 57.9 Å².